The second-order valence-electron chi connectivity index (χ2n) is 5.67. The molecule has 0 spiro atoms. The topological polar surface area (TPSA) is 46.2 Å². The van der Waals surface area contributed by atoms with E-state index in [1.165, 1.54) is 6.07 Å². The lowest BCUT2D eigenvalue weighted by atomic mass is 9.86. The van der Waals surface area contributed by atoms with Crippen LogP contribution in [0.3, 0.4) is 0 Å². The molecule has 0 amide bonds. The monoisotopic (exact) mass is 377 g/mol. The zero-order valence-corrected chi connectivity index (χ0v) is 14.5. The largest absolute Gasteiger partial charge is 0.317 e. The predicted octanol–water partition coefficient (Wildman–Crippen LogP) is 2.79. The van der Waals surface area contributed by atoms with Crippen LogP contribution < -0.4 is 5.32 Å². The van der Waals surface area contributed by atoms with E-state index in [1.807, 2.05) is 13.0 Å². The summed E-state index contributed by atoms with van der Waals surface area (Å²) in [5.41, 5.74) is 0.658. The third-order valence-electron chi connectivity index (χ3n) is 4.09. The molecule has 0 radical (unpaired) electrons. The second-order valence-corrected chi connectivity index (χ2v) is 8.82. The van der Waals surface area contributed by atoms with Crippen LogP contribution >= 0.6 is 15.9 Å². The Morgan fingerprint density at radius 3 is 2.81 bits per heavy atom. The molecule has 1 N–H and O–H groups in total. The Bertz CT molecular complexity index is 591. The van der Waals surface area contributed by atoms with Gasteiger partial charge in [-0.1, -0.05) is 28.9 Å². The van der Waals surface area contributed by atoms with Crippen molar-refractivity contribution in [3.63, 3.8) is 0 Å². The molecule has 0 aromatic heterocycles. The van der Waals surface area contributed by atoms with Crippen LogP contribution in [0.4, 0.5) is 4.39 Å². The fourth-order valence-electron chi connectivity index (χ4n) is 2.90. The number of rotatable bonds is 6. The highest BCUT2D eigenvalue weighted by Gasteiger charge is 2.33. The number of hydrogen-bond donors (Lipinski definition) is 1. The molecule has 1 aliphatic rings. The Balaban J connectivity index is 2.12. The van der Waals surface area contributed by atoms with Crippen molar-refractivity contribution >= 4 is 25.8 Å². The molecular formula is C15H21BrFNO2S. The molecule has 1 aliphatic heterocycles. The number of sulfone groups is 1. The summed E-state index contributed by atoms with van der Waals surface area (Å²) in [6.45, 7) is 3.58. The fourth-order valence-corrected chi connectivity index (χ4v) is 5.15. The van der Waals surface area contributed by atoms with Gasteiger partial charge in [0, 0.05) is 4.47 Å². The normalized spacial score (nSPS) is 22.3. The molecular weight excluding hydrogens is 357 g/mol. The zero-order valence-electron chi connectivity index (χ0n) is 12.1. The van der Waals surface area contributed by atoms with Gasteiger partial charge in [0.15, 0.2) is 9.84 Å². The SMILES string of the molecule is CCNCC(Cc1ccc(Br)cc1F)C1CCS(=O)(=O)C1. The summed E-state index contributed by atoms with van der Waals surface area (Å²) in [6.07, 6.45) is 1.27. The average molecular weight is 378 g/mol. The number of nitrogens with one attached hydrogen (secondary N) is 1. The highest BCUT2D eigenvalue weighted by atomic mass is 79.9. The van der Waals surface area contributed by atoms with Crippen LogP contribution in [0, 0.1) is 17.7 Å². The van der Waals surface area contributed by atoms with Gasteiger partial charge in [-0.2, -0.15) is 0 Å². The molecule has 0 aliphatic carbocycles. The molecule has 0 saturated carbocycles. The molecule has 118 valence electrons. The molecule has 21 heavy (non-hydrogen) atoms. The first kappa shape index (κ1) is 16.9. The minimum Gasteiger partial charge on any atom is -0.317 e. The Labute approximate surface area is 134 Å². The summed E-state index contributed by atoms with van der Waals surface area (Å²) < 4.78 is 38.1. The van der Waals surface area contributed by atoms with Crippen molar-refractivity contribution in [2.45, 2.75) is 19.8 Å². The maximum atomic E-state index is 14.0. The highest BCUT2D eigenvalue weighted by molar-refractivity contribution is 9.10. The lowest BCUT2D eigenvalue weighted by molar-refractivity contribution is 0.342. The molecule has 2 atom stereocenters. The van der Waals surface area contributed by atoms with Gasteiger partial charge in [0.2, 0.25) is 0 Å². The van der Waals surface area contributed by atoms with E-state index in [0.717, 1.165) is 17.6 Å². The molecule has 2 unspecified atom stereocenters. The maximum Gasteiger partial charge on any atom is 0.150 e. The Morgan fingerprint density at radius 2 is 2.24 bits per heavy atom. The van der Waals surface area contributed by atoms with E-state index in [9.17, 15) is 12.8 Å². The molecule has 1 saturated heterocycles. The van der Waals surface area contributed by atoms with Crippen molar-refractivity contribution in [2.75, 3.05) is 24.6 Å². The molecule has 6 heteroatoms. The lowest BCUT2D eigenvalue weighted by Crippen LogP contribution is -2.30. The summed E-state index contributed by atoms with van der Waals surface area (Å²) in [6, 6.07) is 5.07. The Kier molecular flexibility index (Phi) is 5.80. The van der Waals surface area contributed by atoms with Gasteiger partial charge in [-0.15, -0.1) is 0 Å². The number of hydrogen-bond acceptors (Lipinski definition) is 3. The Morgan fingerprint density at radius 1 is 1.48 bits per heavy atom. The van der Waals surface area contributed by atoms with Crippen molar-refractivity contribution in [2.24, 2.45) is 11.8 Å². The van der Waals surface area contributed by atoms with E-state index in [0.29, 0.717) is 18.4 Å². The molecule has 1 aromatic rings. The third kappa shape index (κ3) is 4.76. The van der Waals surface area contributed by atoms with Gasteiger partial charge < -0.3 is 5.32 Å². The number of benzene rings is 1. The minimum absolute atomic E-state index is 0.122. The van der Waals surface area contributed by atoms with Crippen LogP contribution in [0.25, 0.3) is 0 Å². The predicted molar refractivity (Wildman–Crippen MR) is 86.6 cm³/mol. The van der Waals surface area contributed by atoms with Crippen molar-refractivity contribution in [3.8, 4) is 0 Å². The van der Waals surface area contributed by atoms with Crippen molar-refractivity contribution < 1.29 is 12.8 Å². The van der Waals surface area contributed by atoms with Crippen molar-refractivity contribution in [1.82, 2.24) is 5.32 Å². The minimum atomic E-state index is -2.90. The van der Waals surface area contributed by atoms with Gasteiger partial charge in [0.1, 0.15) is 5.82 Å². The summed E-state index contributed by atoms with van der Waals surface area (Å²) in [5, 5.41) is 3.28. The van der Waals surface area contributed by atoms with Crippen molar-refractivity contribution in [1.29, 1.82) is 0 Å². The Hall–Kier alpha value is -0.460. The third-order valence-corrected chi connectivity index (χ3v) is 6.38. The molecule has 3 nitrogen and oxygen atoms in total. The van der Waals surface area contributed by atoms with Gasteiger partial charge in [-0.25, -0.2) is 12.8 Å². The van der Waals surface area contributed by atoms with E-state index in [4.69, 9.17) is 0 Å². The summed E-state index contributed by atoms with van der Waals surface area (Å²) in [5.74, 6) is 0.548. The second kappa shape index (κ2) is 7.20. The van der Waals surface area contributed by atoms with E-state index in [2.05, 4.69) is 21.2 Å². The lowest BCUT2D eigenvalue weighted by Gasteiger charge is -2.23. The van der Waals surface area contributed by atoms with Gasteiger partial charge >= 0.3 is 0 Å². The number of halogens is 2. The maximum absolute atomic E-state index is 14.0. The van der Waals surface area contributed by atoms with Gasteiger partial charge in [-0.05, 0) is 55.5 Å². The first-order chi connectivity index (χ1) is 9.91. The van der Waals surface area contributed by atoms with E-state index in [1.54, 1.807) is 6.07 Å². The van der Waals surface area contributed by atoms with E-state index < -0.39 is 9.84 Å². The van der Waals surface area contributed by atoms with E-state index >= 15 is 0 Å². The standard InChI is InChI=1S/C15H21BrFNO2S/c1-2-18-9-13(12-5-6-21(19,20)10-12)7-11-3-4-14(16)8-15(11)17/h3-4,8,12-13,18H,2,5-7,9-10H2,1H3. The molecule has 0 bridgehead atoms. The smallest absolute Gasteiger partial charge is 0.150 e. The molecule has 1 heterocycles. The first-order valence-electron chi connectivity index (χ1n) is 7.26. The molecule has 2 rings (SSSR count). The first-order valence-corrected chi connectivity index (χ1v) is 9.88. The summed E-state index contributed by atoms with van der Waals surface area (Å²) in [4.78, 5) is 0. The molecule has 1 fully saturated rings. The highest BCUT2D eigenvalue weighted by Crippen LogP contribution is 2.29. The van der Waals surface area contributed by atoms with Crippen LogP contribution in [-0.2, 0) is 16.3 Å². The quantitative estimate of drug-likeness (QED) is 0.828. The van der Waals surface area contributed by atoms with Gasteiger partial charge in [0.05, 0.1) is 11.5 Å². The average Bonchev–Trinajstić information content (AvgIpc) is 2.77. The van der Waals surface area contributed by atoms with Gasteiger partial charge in [-0.3, -0.25) is 0 Å². The van der Waals surface area contributed by atoms with Crippen molar-refractivity contribution in [3.05, 3.63) is 34.1 Å². The summed E-state index contributed by atoms with van der Waals surface area (Å²) in [7, 11) is -2.90. The van der Waals surface area contributed by atoms with Crippen LogP contribution in [0.2, 0.25) is 0 Å². The summed E-state index contributed by atoms with van der Waals surface area (Å²) >= 11 is 3.25. The van der Waals surface area contributed by atoms with Crippen LogP contribution in [0.1, 0.15) is 18.9 Å². The van der Waals surface area contributed by atoms with Crippen LogP contribution in [0.5, 0.6) is 0 Å². The molecule has 1 aromatic carbocycles. The fraction of sp³-hybridized carbons (Fsp3) is 0.600. The van der Waals surface area contributed by atoms with Gasteiger partial charge in [0.25, 0.3) is 0 Å². The van der Waals surface area contributed by atoms with E-state index in [-0.39, 0.29) is 29.2 Å². The van der Waals surface area contributed by atoms with Crippen LogP contribution in [-0.4, -0.2) is 33.0 Å². The zero-order chi connectivity index (χ0) is 15.5. The van der Waals surface area contributed by atoms with Crippen LogP contribution in [0.15, 0.2) is 22.7 Å².